The van der Waals surface area contributed by atoms with E-state index in [1.807, 2.05) is 4.90 Å². The Morgan fingerprint density at radius 1 is 1.35 bits per heavy atom. The molecular formula is C13H25N3O. The number of hydrogen-bond acceptors (Lipinski definition) is 2. The molecule has 2 fully saturated rings. The lowest BCUT2D eigenvalue weighted by atomic mass is 9.95. The van der Waals surface area contributed by atoms with Crippen LogP contribution in [-0.4, -0.2) is 43.2 Å². The van der Waals surface area contributed by atoms with Crippen molar-refractivity contribution in [3.05, 3.63) is 0 Å². The quantitative estimate of drug-likeness (QED) is 0.727. The number of piperidine rings is 2. The molecule has 4 heteroatoms. The summed E-state index contributed by atoms with van der Waals surface area (Å²) in [6.07, 6.45) is 3.46. The molecule has 2 N–H and O–H groups in total. The van der Waals surface area contributed by atoms with Crippen LogP contribution in [0.3, 0.4) is 0 Å². The van der Waals surface area contributed by atoms with Crippen LogP contribution in [0.15, 0.2) is 0 Å². The van der Waals surface area contributed by atoms with Crippen molar-refractivity contribution in [1.82, 2.24) is 15.5 Å². The Morgan fingerprint density at radius 3 is 2.88 bits per heavy atom. The van der Waals surface area contributed by atoms with Crippen molar-refractivity contribution in [1.29, 1.82) is 0 Å². The zero-order valence-corrected chi connectivity index (χ0v) is 11.0. The summed E-state index contributed by atoms with van der Waals surface area (Å²) < 4.78 is 0. The third-order valence-electron chi connectivity index (χ3n) is 4.04. The molecule has 0 aliphatic carbocycles. The van der Waals surface area contributed by atoms with Gasteiger partial charge in [-0.15, -0.1) is 0 Å². The molecule has 2 aliphatic heterocycles. The summed E-state index contributed by atoms with van der Waals surface area (Å²) in [7, 11) is 0. The number of carbonyl (C=O) groups excluding carboxylic acids is 1. The van der Waals surface area contributed by atoms with Gasteiger partial charge in [-0.2, -0.15) is 0 Å². The SMILES string of the molecule is CC1CCCN(C(=O)NC2CCNCC2C)C1. The predicted octanol–water partition coefficient (Wildman–Crippen LogP) is 1.43. The van der Waals surface area contributed by atoms with E-state index in [1.165, 1.54) is 6.42 Å². The van der Waals surface area contributed by atoms with Crippen LogP contribution in [0.1, 0.15) is 33.1 Å². The zero-order chi connectivity index (χ0) is 12.3. The molecule has 0 spiro atoms. The maximum Gasteiger partial charge on any atom is 0.317 e. The van der Waals surface area contributed by atoms with E-state index in [4.69, 9.17) is 0 Å². The number of likely N-dealkylation sites (tertiary alicyclic amines) is 1. The number of carbonyl (C=O) groups is 1. The van der Waals surface area contributed by atoms with Crippen molar-refractivity contribution in [3.8, 4) is 0 Å². The number of amides is 2. The molecule has 2 heterocycles. The van der Waals surface area contributed by atoms with Gasteiger partial charge in [-0.1, -0.05) is 13.8 Å². The number of nitrogens with one attached hydrogen (secondary N) is 2. The monoisotopic (exact) mass is 239 g/mol. The third kappa shape index (κ3) is 3.35. The van der Waals surface area contributed by atoms with Gasteiger partial charge in [0.05, 0.1) is 0 Å². The Labute approximate surface area is 104 Å². The molecule has 0 radical (unpaired) electrons. The molecule has 0 aromatic rings. The van der Waals surface area contributed by atoms with E-state index >= 15 is 0 Å². The van der Waals surface area contributed by atoms with Crippen molar-refractivity contribution in [3.63, 3.8) is 0 Å². The smallest absolute Gasteiger partial charge is 0.317 e. The number of hydrogen-bond donors (Lipinski definition) is 2. The number of nitrogens with zero attached hydrogens (tertiary/aromatic N) is 1. The summed E-state index contributed by atoms with van der Waals surface area (Å²) in [6, 6.07) is 0.497. The average molecular weight is 239 g/mol. The first-order valence-electron chi connectivity index (χ1n) is 6.93. The second-order valence-corrected chi connectivity index (χ2v) is 5.72. The topological polar surface area (TPSA) is 44.4 Å². The lowest BCUT2D eigenvalue weighted by Gasteiger charge is -2.35. The summed E-state index contributed by atoms with van der Waals surface area (Å²) in [5.41, 5.74) is 0. The first kappa shape index (κ1) is 12.7. The summed E-state index contributed by atoms with van der Waals surface area (Å²) in [6.45, 7) is 8.32. The van der Waals surface area contributed by atoms with Gasteiger partial charge in [-0.25, -0.2) is 4.79 Å². The van der Waals surface area contributed by atoms with Crippen LogP contribution in [0.4, 0.5) is 4.79 Å². The lowest BCUT2D eigenvalue weighted by molar-refractivity contribution is 0.159. The molecular weight excluding hydrogens is 214 g/mol. The van der Waals surface area contributed by atoms with Gasteiger partial charge in [0, 0.05) is 19.1 Å². The van der Waals surface area contributed by atoms with Gasteiger partial charge in [-0.3, -0.25) is 0 Å². The van der Waals surface area contributed by atoms with Crippen molar-refractivity contribution < 1.29 is 4.79 Å². The molecule has 0 aromatic heterocycles. The first-order chi connectivity index (χ1) is 8.16. The second kappa shape index (κ2) is 5.71. The van der Waals surface area contributed by atoms with Crippen LogP contribution in [0, 0.1) is 11.8 Å². The Kier molecular flexibility index (Phi) is 4.26. The Bertz CT molecular complexity index is 269. The highest BCUT2D eigenvalue weighted by Crippen LogP contribution is 2.16. The van der Waals surface area contributed by atoms with Crippen molar-refractivity contribution >= 4 is 6.03 Å². The summed E-state index contributed by atoms with van der Waals surface area (Å²) in [4.78, 5) is 14.1. The molecule has 3 atom stereocenters. The Morgan fingerprint density at radius 2 is 2.18 bits per heavy atom. The highest BCUT2D eigenvalue weighted by atomic mass is 16.2. The molecule has 0 bridgehead atoms. The van der Waals surface area contributed by atoms with Crippen molar-refractivity contribution in [2.24, 2.45) is 11.8 Å². The predicted molar refractivity (Wildman–Crippen MR) is 68.9 cm³/mol. The summed E-state index contributed by atoms with van der Waals surface area (Å²) in [5.74, 6) is 1.19. The van der Waals surface area contributed by atoms with Crippen LogP contribution >= 0.6 is 0 Å². The summed E-state index contributed by atoms with van der Waals surface area (Å²) >= 11 is 0. The van der Waals surface area contributed by atoms with E-state index < -0.39 is 0 Å². The fourth-order valence-corrected chi connectivity index (χ4v) is 2.85. The standard InChI is InChI=1S/C13H25N3O/c1-10-4-3-7-16(9-10)13(17)15-12-5-6-14-8-11(12)2/h10-12,14H,3-9H2,1-2H3,(H,15,17). The average Bonchev–Trinajstić information content (AvgIpc) is 2.32. The van der Waals surface area contributed by atoms with Crippen LogP contribution < -0.4 is 10.6 Å². The molecule has 98 valence electrons. The zero-order valence-electron chi connectivity index (χ0n) is 11.0. The van der Waals surface area contributed by atoms with Crippen LogP contribution in [-0.2, 0) is 0 Å². The Hall–Kier alpha value is -0.770. The van der Waals surface area contributed by atoms with Gasteiger partial charge in [-0.05, 0) is 44.2 Å². The van der Waals surface area contributed by atoms with E-state index in [-0.39, 0.29) is 6.03 Å². The molecule has 0 aromatic carbocycles. The third-order valence-corrected chi connectivity index (χ3v) is 4.04. The molecule has 2 aliphatic rings. The fraction of sp³-hybridized carbons (Fsp3) is 0.923. The molecule has 0 saturated carbocycles. The maximum absolute atomic E-state index is 12.2. The van der Waals surface area contributed by atoms with Gasteiger partial charge in [0.15, 0.2) is 0 Å². The molecule has 2 saturated heterocycles. The number of rotatable bonds is 1. The first-order valence-corrected chi connectivity index (χ1v) is 6.93. The molecule has 2 amide bonds. The lowest BCUT2D eigenvalue weighted by Crippen LogP contribution is -2.53. The number of urea groups is 1. The second-order valence-electron chi connectivity index (χ2n) is 5.72. The molecule has 17 heavy (non-hydrogen) atoms. The van der Waals surface area contributed by atoms with Gasteiger partial charge < -0.3 is 15.5 Å². The molecule has 4 nitrogen and oxygen atoms in total. The van der Waals surface area contributed by atoms with E-state index in [1.54, 1.807) is 0 Å². The van der Waals surface area contributed by atoms with Gasteiger partial charge in [0.25, 0.3) is 0 Å². The van der Waals surface area contributed by atoms with Gasteiger partial charge in [0.1, 0.15) is 0 Å². The minimum Gasteiger partial charge on any atom is -0.335 e. The van der Waals surface area contributed by atoms with Gasteiger partial charge >= 0.3 is 6.03 Å². The van der Waals surface area contributed by atoms with Crippen molar-refractivity contribution in [2.45, 2.75) is 39.2 Å². The fourth-order valence-electron chi connectivity index (χ4n) is 2.85. The summed E-state index contributed by atoms with van der Waals surface area (Å²) in [5, 5.41) is 6.57. The van der Waals surface area contributed by atoms with E-state index in [9.17, 15) is 4.79 Å². The highest BCUT2D eigenvalue weighted by molar-refractivity contribution is 5.74. The molecule has 2 rings (SSSR count). The Balaban J connectivity index is 1.83. The van der Waals surface area contributed by atoms with E-state index in [0.717, 1.165) is 39.0 Å². The van der Waals surface area contributed by atoms with Crippen LogP contribution in [0.2, 0.25) is 0 Å². The normalized spacial score (nSPS) is 34.5. The largest absolute Gasteiger partial charge is 0.335 e. The van der Waals surface area contributed by atoms with Gasteiger partial charge in [0.2, 0.25) is 0 Å². The minimum atomic E-state index is 0.148. The van der Waals surface area contributed by atoms with Crippen LogP contribution in [0.5, 0.6) is 0 Å². The highest BCUT2D eigenvalue weighted by Gasteiger charge is 2.26. The maximum atomic E-state index is 12.2. The van der Waals surface area contributed by atoms with Crippen molar-refractivity contribution in [2.75, 3.05) is 26.2 Å². The minimum absolute atomic E-state index is 0.148. The van der Waals surface area contributed by atoms with Crippen LogP contribution in [0.25, 0.3) is 0 Å². The van der Waals surface area contributed by atoms with E-state index in [0.29, 0.717) is 17.9 Å². The van der Waals surface area contributed by atoms with E-state index in [2.05, 4.69) is 24.5 Å². The molecule has 3 unspecified atom stereocenters.